The van der Waals surface area contributed by atoms with Crippen LogP contribution in [0.2, 0.25) is 10.0 Å². The Morgan fingerprint density at radius 2 is 1.82 bits per heavy atom. The van der Waals surface area contributed by atoms with E-state index in [1.54, 1.807) is 19.9 Å². The predicted octanol–water partition coefficient (Wildman–Crippen LogP) is 3.32. The highest BCUT2D eigenvalue weighted by atomic mass is 35.5. The summed E-state index contributed by atoms with van der Waals surface area (Å²) < 4.78 is 0. The maximum absolute atomic E-state index is 9.35. The molecule has 0 saturated heterocycles. The summed E-state index contributed by atoms with van der Waals surface area (Å²) in [4.78, 5) is 0. The second kappa shape index (κ2) is 2.92. The van der Waals surface area contributed by atoms with Gasteiger partial charge in [-0.15, -0.1) is 0 Å². The fraction of sp³-hybridized carbons (Fsp3) is 0.250. The Kier molecular flexibility index (Phi) is 2.31. The third-order valence-electron chi connectivity index (χ3n) is 1.61. The van der Waals surface area contributed by atoms with E-state index in [1.807, 2.05) is 0 Å². The highest BCUT2D eigenvalue weighted by Gasteiger charge is 2.08. The Bertz CT molecular complexity index is 268. The first-order valence-electron chi connectivity index (χ1n) is 3.18. The van der Waals surface area contributed by atoms with Gasteiger partial charge in [-0.2, -0.15) is 0 Å². The van der Waals surface area contributed by atoms with Crippen LogP contribution in [-0.4, -0.2) is 5.11 Å². The topological polar surface area (TPSA) is 20.2 Å². The fourth-order valence-corrected chi connectivity index (χ4v) is 1.28. The van der Waals surface area contributed by atoms with Crippen LogP contribution in [0.4, 0.5) is 0 Å². The molecule has 1 aromatic carbocycles. The van der Waals surface area contributed by atoms with Crippen LogP contribution in [0.1, 0.15) is 11.1 Å². The summed E-state index contributed by atoms with van der Waals surface area (Å²) in [7, 11) is 0. The maximum atomic E-state index is 9.35. The largest absolute Gasteiger partial charge is 0.506 e. The van der Waals surface area contributed by atoms with E-state index >= 15 is 0 Å². The number of aromatic hydroxyl groups is 1. The molecular formula is C8H8Cl2O. The lowest BCUT2D eigenvalue weighted by atomic mass is 10.1. The summed E-state index contributed by atoms with van der Waals surface area (Å²) in [6.45, 7) is 3.52. The van der Waals surface area contributed by atoms with Crippen molar-refractivity contribution in [1.29, 1.82) is 0 Å². The first-order chi connectivity index (χ1) is 5.04. The number of hydrogen-bond donors (Lipinski definition) is 1. The highest BCUT2D eigenvalue weighted by molar-refractivity contribution is 6.35. The summed E-state index contributed by atoms with van der Waals surface area (Å²) >= 11 is 11.5. The lowest BCUT2D eigenvalue weighted by Gasteiger charge is -2.05. The van der Waals surface area contributed by atoms with Crippen molar-refractivity contribution in [2.45, 2.75) is 13.8 Å². The average Bonchev–Trinajstić information content (AvgIpc) is 1.97. The summed E-state index contributed by atoms with van der Waals surface area (Å²) in [6, 6.07) is 1.74. The zero-order chi connectivity index (χ0) is 8.59. The van der Waals surface area contributed by atoms with Crippen LogP contribution < -0.4 is 0 Å². The average molecular weight is 191 g/mol. The minimum absolute atomic E-state index is 0.0802. The van der Waals surface area contributed by atoms with E-state index in [2.05, 4.69) is 0 Å². The van der Waals surface area contributed by atoms with E-state index < -0.39 is 0 Å². The van der Waals surface area contributed by atoms with Gasteiger partial charge in [-0.3, -0.25) is 0 Å². The van der Waals surface area contributed by atoms with Crippen molar-refractivity contribution in [3.05, 3.63) is 27.2 Å². The van der Waals surface area contributed by atoms with E-state index in [1.165, 1.54) is 0 Å². The molecule has 0 bridgehead atoms. The molecule has 11 heavy (non-hydrogen) atoms. The van der Waals surface area contributed by atoms with E-state index in [-0.39, 0.29) is 5.75 Å². The molecule has 60 valence electrons. The third kappa shape index (κ3) is 1.44. The predicted molar refractivity (Wildman–Crippen MR) is 47.6 cm³/mol. The molecule has 0 saturated carbocycles. The lowest BCUT2D eigenvalue weighted by Crippen LogP contribution is -1.82. The molecule has 0 heterocycles. The quantitative estimate of drug-likeness (QED) is 0.666. The zero-order valence-electron chi connectivity index (χ0n) is 6.28. The van der Waals surface area contributed by atoms with Gasteiger partial charge in [0, 0.05) is 10.6 Å². The first-order valence-corrected chi connectivity index (χ1v) is 3.93. The molecule has 0 unspecified atom stereocenters. The fourth-order valence-electron chi connectivity index (χ4n) is 0.826. The molecular weight excluding hydrogens is 183 g/mol. The molecule has 0 spiro atoms. The number of benzene rings is 1. The van der Waals surface area contributed by atoms with Gasteiger partial charge in [-0.25, -0.2) is 0 Å². The number of phenols is 1. The van der Waals surface area contributed by atoms with Gasteiger partial charge in [-0.05, 0) is 25.5 Å². The van der Waals surface area contributed by atoms with E-state index in [4.69, 9.17) is 23.2 Å². The number of halogens is 2. The number of hydrogen-bond acceptors (Lipinski definition) is 1. The van der Waals surface area contributed by atoms with Gasteiger partial charge in [0.15, 0.2) is 0 Å². The normalized spacial score (nSPS) is 10.2. The summed E-state index contributed by atoms with van der Waals surface area (Å²) in [5.74, 6) is 0.0802. The van der Waals surface area contributed by atoms with Crippen molar-refractivity contribution < 1.29 is 5.11 Å². The summed E-state index contributed by atoms with van der Waals surface area (Å²) in [5, 5.41) is 10.3. The summed E-state index contributed by atoms with van der Waals surface area (Å²) in [6.07, 6.45) is 0. The molecule has 0 aromatic heterocycles. The number of aryl methyl sites for hydroxylation is 1. The molecule has 1 aromatic rings. The standard InChI is InChI=1S/C8H8Cl2O/c1-4-3-6(9)5(2)8(11)7(4)10/h3,11H,1-2H3. The number of phenolic OH excluding ortho intramolecular Hbond substituents is 1. The molecule has 1 nitrogen and oxygen atoms in total. The molecule has 1 rings (SSSR count). The SMILES string of the molecule is Cc1cc(Cl)c(C)c(O)c1Cl. The molecule has 0 atom stereocenters. The maximum Gasteiger partial charge on any atom is 0.138 e. The van der Waals surface area contributed by atoms with Crippen molar-refractivity contribution in [3.63, 3.8) is 0 Å². The van der Waals surface area contributed by atoms with Crippen LogP contribution in [0, 0.1) is 13.8 Å². The smallest absolute Gasteiger partial charge is 0.138 e. The molecule has 1 N–H and O–H groups in total. The lowest BCUT2D eigenvalue weighted by molar-refractivity contribution is 0.471. The van der Waals surface area contributed by atoms with Crippen LogP contribution in [0.3, 0.4) is 0 Å². The van der Waals surface area contributed by atoms with Crippen molar-refractivity contribution >= 4 is 23.2 Å². The van der Waals surface area contributed by atoms with Gasteiger partial charge >= 0.3 is 0 Å². The molecule has 0 fully saturated rings. The van der Waals surface area contributed by atoms with Crippen LogP contribution in [0.25, 0.3) is 0 Å². The molecule has 0 aliphatic carbocycles. The Labute approximate surface area is 75.6 Å². The third-order valence-corrected chi connectivity index (χ3v) is 2.48. The minimum Gasteiger partial charge on any atom is -0.506 e. The molecule has 0 radical (unpaired) electrons. The zero-order valence-corrected chi connectivity index (χ0v) is 7.79. The molecule has 0 amide bonds. The van der Waals surface area contributed by atoms with Gasteiger partial charge in [0.2, 0.25) is 0 Å². The van der Waals surface area contributed by atoms with E-state index in [0.717, 1.165) is 5.56 Å². The monoisotopic (exact) mass is 190 g/mol. The van der Waals surface area contributed by atoms with Crippen molar-refractivity contribution in [1.82, 2.24) is 0 Å². The number of rotatable bonds is 0. The van der Waals surface area contributed by atoms with Crippen LogP contribution in [0.15, 0.2) is 6.07 Å². The van der Waals surface area contributed by atoms with Gasteiger partial charge in [0.1, 0.15) is 5.75 Å². The Hall–Kier alpha value is -0.400. The van der Waals surface area contributed by atoms with Gasteiger partial charge in [-0.1, -0.05) is 23.2 Å². The summed E-state index contributed by atoms with van der Waals surface area (Å²) in [5.41, 5.74) is 1.42. The van der Waals surface area contributed by atoms with E-state index in [9.17, 15) is 5.11 Å². The molecule has 0 aliphatic heterocycles. The van der Waals surface area contributed by atoms with Gasteiger partial charge in [0.25, 0.3) is 0 Å². The van der Waals surface area contributed by atoms with Crippen LogP contribution in [0.5, 0.6) is 5.75 Å². The first kappa shape index (κ1) is 8.69. The van der Waals surface area contributed by atoms with Crippen molar-refractivity contribution in [2.75, 3.05) is 0 Å². The van der Waals surface area contributed by atoms with Gasteiger partial charge in [0.05, 0.1) is 5.02 Å². The Morgan fingerprint density at radius 3 is 2.36 bits per heavy atom. The van der Waals surface area contributed by atoms with Crippen LogP contribution in [-0.2, 0) is 0 Å². The van der Waals surface area contributed by atoms with Crippen molar-refractivity contribution in [2.24, 2.45) is 0 Å². The van der Waals surface area contributed by atoms with Gasteiger partial charge < -0.3 is 5.11 Å². The van der Waals surface area contributed by atoms with E-state index in [0.29, 0.717) is 15.6 Å². The van der Waals surface area contributed by atoms with Crippen molar-refractivity contribution in [3.8, 4) is 5.75 Å². The minimum atomic E-state index is 0.0802. The second-order valence-electron chi connectivity index (χ2n) is 2.46. The molecule has 3 heteroatoms. The molecule has 0 aliphatic rings. The second-order valence-corrected chi connectivity index (χ2v) is 3.25. The highest BCUT2D eigenvalue weighted by Crippen LogP contribution is 2.34. The Balaban J connectivity index is 3.46. The van der Waals surface area contributed by atoms with Crippen LogP contribution >= 0.6 is 23.2 Å². The Morgan fingerprint density at radius 1 is 1.27 bits per heavy atom.